The zero-order chi connectivity index (χ0) is 18.4. The van der Waals surface area contributed by atoms with Crippen molar-refractivity contribution >= 4 is 23.3 Å². The average Bonchev–Trinajstić information content (AvgIpc) is 2.58. The number of hydrogen-bond acceptors (Lipinski definition) is 4. The number of nitrogens with zero attached hydrogens (tertiary/aromatic N) is 1. The van der Waals surface area contributed by atoms with E-state index in [0.717, 1.165) is 5.69 Å². The Kier molecular flexibility index (Phi) is 6.56. The van der Waals surface area contributed by atoms with E-state index in [0.29, 0.717) is 43.7 Å². The summed E-state index contributed by atoms with van der Waals surface area (Å²) in [5, 5.41) is 11.9. The van der Waals surface area contributed by atoms with Gasteiger partial charge in [-0.2, -0.15) is 0 Å². The van der Waals surface area contributed by atoms with Crippen molar-refractivity contribution in [2.75, 3.05) is 24.5 Å². The van der Waals surface area contributed by atoms with E-state index in [1.54, 1.807) is 12.1 Å². The van der Waals surface area contributed by atoms with Crippen LogP contribution in [0.5, 0.6) is 0 Å². The number of carboxylic acid groups (broad SMARTS) is 1. The molecule has 6 nitrogen and oxygen atoms in total. The SMILES string of the molecule is CC(C)CC(CNC(=O)c1ccc(N2CCC(=O)CC2)cc1)C(=O)O. The van der Waals surface area contributed by atoms with Gasteiger partial charge in [0.15, 0.2) is 0 Å². The molecule has 1 fully saturated rings. The van der Waals surface area contributed by atoms with E-state index in [1.165, 1.54) is 0 Å². The number of carbonyl (C=O) groups excluding carboxylic acids is 2. The zero-order valence-electron chi connectivity index (χ0n) is 14.8. The second kappa shape index (κ2) is 8.65. The van der Waals surface area contributed by atoms with Crippen LogP contribution in [-0.4, -0.2) is 42.4 Å². The highest BCUT2D eigenvalue weighted by Gasteiger charge is 2.20. The molecule has 0 bridgehead atoms. The summed E-state index contributed by atoms with van der Waals surface area (Å²) in [5.41, 5.74) is 1.50. The minimum atomic E-state index is -0.885. The van der Waals surface area contributed by atoms with Gasteiger partial charge in [-0.3, -0.25) is 14.4 Å². The standard InChI is InChI=1S/C19H26N2O4/c1-13(2)11-15(19(24)25)12-20-18(23)14-3-5-16(6-4-14)21-9-7-17(22)8-10-21/h3-6,13,15H,7-12H2,1-2H3,(H,20,23)(H,24,25). The zero-order valence-corrected chi connectivity index (χ0v) is 14.8. The molecule has 2 N–H and O–H groups in total. The first-order chi connectivity index (χ1) is 11.9. The molecule has 136 valence electrons. The number of ketones is 1. The first-order valence-corrected chi connectivity index (χ1v) is 8.74. The van der Waals surface area contributed by atoms with Crippen molar-refractivity contribution in [3.8, 4) is 0 Å². The molecule has 6 heteroatoms. The van der Waals surface area contributed by atoms with E-state index in [-0.39, 0.29) is 18.4 Å². The maximum absolute atomic E-state index is 12.2. The average molecular weight is 346 g/mol. The second-order valence-corrected chi connectivity index (χ2v) is 6.95. The van der Waals surface area contributed by atoms with Gasteiger partial charge in [0.2, 0.25) is 0 Å². The van der Waals surface area contributed by atoms with Crippen molar-refractivity contribution in [3.63, 3.8) is 0 Å². The number of carboxylic acids is 1. The number of hydrogen-bond donors (Lipinski definition) is 2. The van der Waals surface area contributed by atoms with Crippen LogP contribution in [0.4, 0.5) is 5.69 Å². The van der Waals surface area contributed by atoms with E-state index in [2.05, 4.69) is 10.2 Å². The van der Waals surface area contributed by atoms with Crippen LogP contribution < -0.4 is 10.2 Å². The van der Waals surface area contributed by atoms with E-state index in [4.69, 9.17) is 0 Å². The van der Waals surface area contributed by atoms with Gasteiger partial charge in [-0.15, -0.1) is 0 Å². The Balaban J connectivity index is 1.91. The molecule has 0 saturated carbocycles. The Bertz CT molecular complexity index is 615. The number of Topliss-reactive ketones (excluding diaryl/α,β-unsaturated/α-hetero) is 1. The molecule has 1 unspecified atom stereocenters. The van der Waals surface area contributed by atoms with E-state index in [9.17, 15) is 19.5 Å². The van der Waals surface area contributed by atoms with Gasteiger partial charge in [-0.25, -0.2) is 0 Å². The molecular formula is C19H26N2O4. The van der Waals surface area contributed by atoms with Crippen LogP contribution in [0.15, 0.2) is 24.3 Å². The Morgan fingerprint density at radius 2 is 1.76 bits per heavy atom. The van der Waals surface area contributed by atoms with Gasteiger partial charge in [0.25, 0.3) is 5.91 Å². The molecule has 25 heavy (non-hydrogen) atoms. The number of nitrogens with one attached hydrogen (secondary N) is 1. The number of rotatable bonds is 7. The fraction of sp³-hybridized carbons (Fsp3) is 0.526. The highest BCUT2D eigenvalue weighted by atomic mass is 16.4. The number of anilines is 1. The van der Waals surface area contributed by atoms with Crippen molar-refractivity contribution < 1.29 is 19.5 Å². The van der Waals surface area contributed by atoms with Gasteiger partial charge in [-0.1, -0.05) is 13.8 Å². The minimum Gasteiger partial charge on any atom is -0.481 e. The molecule has 0 aliphatic carbocycles. The number of aliphatic carboxylic acids is 1. The van der Waals surface area contributed by atoms with Gasteiger partial charge in [0.05, 0.1) is 5.92 Å². The highest BCUT2D eigenvalue weighted by molar-refractivity contribution is 5.94. The molecule has 2 rings (SSSR count). The molecule has 1 amide bonds. The number of carbonyl (C=O) groups is 3. The molecule has 1 saturated heterocycles. The van der Waals surface area contributed by atoms with Crippen LogP contribution in [0.2, 0.25) is 0 Å². The van der Waals surface area contributed by atoms with E-state index < -0.39 is 11.9 Å². The third-order valence-corrected chi connectivity index (χ3v) is 4.43. The third kappa shape index (κ3) is 5.59. The summed E-state index contributed by atoms with van der Waals surface area (Å²) in [7, 11) is 0. The summed E-state index contributed by atoms with van der Waals surface area (Å²) in [4.78, 5) is 36.9. The summed E-state index contributed by atoms with van der Waals surface area (Å²) < 4.78 is 0. The van der Waals surface area contributed by atoms with Crippen LogP contribution in [0, 0.1) is 11.8 Å². The van der Waals surface area contributed by atoms with Gasteiger partial charge in [-0.05, 0) is 36.6 Å². The predicted molar refractivity (Wildman–Crippen MR) is 95.8 cm³/mol. The molecule has 0 aromatic heterocycles. The van der Waals surface area contributed by atoms with Crippen molar-refractivity contribution in [1.29, 1.82) is 0 Å². The normalized spacial score (nSPS) is 16.0. The van der Waals surface area contributed by atoms with Gasteiger partial charge >= 0.3 is 5.97 Å². The van der Waals surface area contributed by atoms with Crippen LogP contribution in [-0.2, 0) is 9.59 Å². The van der Waals surface area contributed by atoms with Gasteiger partial charge in [0.1, 0.15) is 5.78 Å². The summed E-state index contributed by atoms with van der Waals surface area (Å²) >= 11 is 0. The summed E-state index contributed by atoms with van der Waals surface area (Å²) in [6, 6.07) is 7.21. The smallest absolute Gasteiger partial charge is 0.308 e. The summed E-state index contributed by atoms with van der Waals surface area (Å²) in [5.74, 6) is -1.18. The van der Waals surface area contributed by atoms with Crippen molar-refractivity contribution in [1.82, 2.24) is 5.32 Å². The fourth-order valence-electron chi connectivity index (χ4n) is 3.00. The van der Waals surface area contributed by atoms with Crippen LogP contribution >= 0.6 is 0 Å². The maximum Gasteiger partial charge on any atom is 0.308 e. The lowest BCUT2D eigenvalue weighted by molar-refractivity contribution is -0.142. The molecule has 1 heterocycles. The lowest BCUT2D eigenvalue weighted by Gasteiger charge is -2.28. The maximum atomic E-state index is 12.2. The number of benzene rings is 1. The van der Waals surface area contributed by atoms with Crippen LogP contribution in [0.1, 0.15) is 43.5 Å². The first-order valence-electron chi connectivity index (χ1n) is 8.74. The molecule has 1 aliphatic heterocycles. The van der Waals surface area contributed by atoms with Crippen molar-refractivity contribution in [3.05, 3.63) is 29.8 Å². The minimum absolute atomic E-state index is 0.127. The molecule has 1 aromatic rings. The Labute approximate surface area is 148 Å². The molecule has 1 aliphatic rings. The topological polar surface area (TPSA) is 86.7 Å². The second-order valence-electron chi connectivity index (χ2n) is 6.95. The monoisotopic (exact) mass is 346 g/mol. The first kappa shape index (κ1) is 19.0. The highest BCUT2D eigenvalue weighted by Crippen LogP contribution is 2.19. The third-order valence-electron chi connectivity index (χ3n) is 4.43. The molecule has 0 radical (unpaired) electrons. The van der Waals surface area contributed by atoms with Crippen LogP contribution in [0.3, 0.4) is 0 Å². The molecule has 0 spiro atoms. The van der Waals surface area contributed by atoms with E-state index >= 15 is 0 Å². The number of amides is 1. The summed E-state index contributed by atoms with van der Waals surface area (Å²) in [6.07, 6.45) is 1.66. The molecular weight excluding hydrogens is 320 g/mol. The van der Waals surface area contributed by atoms with Crippen molar-refractivity contribution in [2.45, 2.75) is 33.1 Å². The number of piperidine rings is 1. The Hall–Kier alpha value is -2.37. The Morgan fingerprint density at radius 1 is 1.16 bits per heavy atom. The lowest BCUT2D eigenvalue weighted by Crippen LogP contribution is -2.34. The fourth-order valence-corrected chi connectivity index (χ4v) is 3.00. The van der Waals surface area contributed by atoms with Crippen molar-refractivity contribution in [2.24, 2.45) is 11.8 Å². The van der Waals surface area contributed by atoms with Crippen LogP contribution in [0.25, 0.3) is 0 Å². The molecule has 1 atom stereocenters. The van der Waals surface area contributed by atoms with E-state index in [1.807, 2.05) is 26.0 Å². The lowest BCUT2D eigenvalue weighted by atomic mass is 9.97. The quantitative estimate of drug-likeness (QED) is 0.791. The van der Waals surface area contributed by atoms with Gasteiger partial charge < -0.3 is 15.3 Å². The largest absolute Gasteiger partial charge is 0.481 e. The predicted octanol–water partition coefficient (Wildman–Crippen LogP) is 2.33. The summed E-state index contributed by atoms with van der Waals surface area (Å²) in [6.45, 7) is 5.47. The Morgan fingerprint density at radius 3 is 2.28 bits per heavy atom. The van der Waals surface area contributed by atoms with Gasteiger partial charge in [0, 0.05) is 43.7 Å². The molecule has 1 aromatic carbocycles.